The lowest BCUT2D eigenvalue weighted by Crippen LogP contribution is -2.36. The topological polar surface area (TPSA) is 32.6 Å². The van der Waals surface area contributed by atoms with E-state index in [0.29, 0.717) is 6.04 Å². The third-order valence-electron chi connectivity index (χ3n) is 4.03. The SMILES string of the molecule is CNCC1CCCN1Cc1cn2cccc(C)c2n1. The molecule has 3 heterocycles. The van der Waals surface area contributed by atoms with Gasteiger partial charge in [0, 0.05) is 31.5 Å². The van der Waals surface area contributed by atoms with Crippen molar-refractivity contribution in [3.05, 3.63) is 35.8 Å². The van der Waals surface area contributed by atoms with Crippen LogP contribution in [0.1, 0.15) is 24.1 Å². The summed E-state index contributed by atoms with van der Waals surface area (Å²) in [6.07, 6.45) is 6.84. The Balaban J connectivity index is 1.79. The molecule has 3 rings (SSSR count). The van der Waals surface area contributed by atoms with Crippen LogP contribution in [-0.2, 0) is 6.54 Å². The van der Waals surface area contributed by atoms with Gasteiger partial charge in [0.2, 0.25) is 0 Å². The first-order chi connectivity index (χ1) is 9.28. The number of imidazole rings is 1. The molecule has 0 aromatic carbocycles. The van der Waals surface area contributed by atoms with Crippen molar-refractivity contribution in [2.24, 2.45) is 0 Å². The molecular formula is C15H22N4. The van der Waals surface area contributed by atoms with E-state index in [0.717, 1.165) is 18.7 Å². The van der Waals surface area contributed by atoms with Crippen LogP contribution in [0.4, 0.5) is 0 Å². The Morgan fingerprint density at radius 1 is 1.47 bits per heavy atom. The van der Waals surface area contributed by atoms with Crippen molar-refractivity contribution in [1.29, 1.82) is 0 Å². The van der Waals surface area contributed by atoms with E-state index in [1.165, 1.54) is 30.6 Å². The Morgan fingerprint density at radius 3 is 3.16 bits per heavy atom. The molecule has 0 aliphatic carbocycles. The fourth-order valence-electron chi connectivity index (χ4n) is 3.06. The molecule has 1 saturated heterocycles. The van der Waals surface area contributed by atoms with Gasteiger partial charge in [0.15, 0.2) is 0 Å². The molecule has 1 fully saturated rings. The Labute approximate surface area is 114 Å². The van der Waals surface area contributed by atoms with Gasteiger partial charge in [-0.05, 0) is 45.0 Å². The van der Waals surface area contributed by atoms with Crippen LogP contribution < -0.4 is 5.32 Å². The van der Waals surface area contributed by atoms with Gasteiger partial charge >= 0.3 is 0 Å². The molecule has 0 saturated carbocycles. The van der Waals surface area contributed by atoms with Crippen LogP contribution in [-0.4, -0.2) is 40.5 Å². The van der Waals surface area contributed by atoms with Gasteiger partial charge in [0.05, 0.1) is 5.69 Å². The van der Waals surface area contributed by atoms with E-state index in [1.807, 2.05) is 7.05 Å². The summed E-state index contributed by atoms with van der Waals surface area (Å²) in [5.41, 5.74) is 3.50. The number of pyridine rings is 1. The van der Waals surface area contributed by atoms with Crippen molar-refractivity contribution in [3.63, 3.8) is 0 Å². The van der Waals surface area contributed by atoms with Crippen LogP contribution in [0.15, 0.2) is 24.5 Å². The van der Waals surface area contributed by atoms with Gasteiger partial charge in [-0.2, -0.15) is 0 Å². The smallest absolute Gasteiger partial charge is 0.139 e. The van der Waals surface area contributed by atoms with Crippen molar-refractivity contribution in [2.75, 3.05) is 20.1 Å². The lowest BCUT2D eigenvalue weighted by molar-refractivity contribution is 0.240. The van der Waals surface area contributed by atoms with Gasteiger partial charge in [0.1, 0.15) is 5.65 Å². The minimum absolute atomic E-state index is 0.663. The first kappa shape index (κ1) is 12.6. The lowest BCUT2D eigenvalue weighted by Gasteiger charge is -2.23. The van der Waals surface area contributed by atoms with Gasteiger partial charge < -0.3 is 9.72 Å². The predicted molar refractivity (Wildman–Crippen MR) is 77.3 cm³/mol. The minimum atomic E-state index is 0.663. The normalized spacial score (nSPS) is 20.4. The molecule has 19 heavy (non-hydrogen) atoms. The fourth-order valence-corrected chi connectivity index (χ4v) is 3.06. The highest BCUT2D eigenvalue weighted by molar-refractivity contribution is 5.47. The van der Waals surface area contributed by atoms with Crippen molar-refractivity contribution in [3.8, 4) is 0 Å². The predicted octanol–water partition coefficient (Wildman–Crippen LogP) is 1.83. The van der Waals surface area contributed by atoms with E-state index < -0.39 is 0 Å². The second-order valence-electron chi connectivity index (χ2n) is 5.48. The summed E-state index contributed by atoms with van der Waals surface area (Å²) in [5, 5.41) is 3.29. The Hall–Kier alpha value is -1.39. The Kier molecular flexibility index (Phi) is 3.53. The van der Waals surface area contributed by atoms with Crippen LogP contribution >= 0.6 is 0 Å². The molecule has 0 radical (unpaired) electrons. The lowest BCUT2D eigenvalue weighted by atomic mass is 10.2. The highest BCUT2D eigenvalue weighted by Gasteiger charge is 2.24. The van der Waals surface area contributed by atoms with Gasteiger partial charge in [-0.1, -0.05) is 6.07 Å². The highest BCUT2D eigenvalue weighted by Crippen LogP contribution is 2.20. The quantitative estimate of drug-likeness (QED) is 0.908. The minimum Gasteiger partial charge on any atom is -0.318 e. The van der Waals surface area contributed by atoms with Crippen molar-refractivity contribution < 1.29 is 0 Å². The van der Waals surface area contributed by atoms with E-state index in [-0.39, 0.29) is 0 Å². The molecule has 102 valence electrons. The monoisotopic (exact) mass is 258 g/mol. The van der Waals surface area contributed by atoms with Crippen LogP contribution in [0, 0.1) is 6.92 Å². The molecule has 4 heteroatoms. The number of rotatable bonds is 4. The van der Waals surface area contributed by atoms with E-state index in [9.17, 15) is 0 Å². The van der Waals surface area contributed by atoms with Crippen LogP contribution in [0.2, 0.25) is 0 Å². The van der Waals surface area contributed by atoms with Crippen molar-refractivity contribution in [1.82, 2.24) is 19.6 Å². The summed E-state index contributed by atoms with van der Waals surface area (Å²) in [6.45, 7) is 5.35. The number of nitrogens with zero attached hydrogens (tertiary/aromatic N) is 3. The zero-order valence-electron chi connectivity index (χ0n) is 11.8. The maximum atomic E-state index is 4.77. The standard InChI is InChI=1S/C15H22N4/c1-12-5-3-8-19-11-13(17-15(12)19)10-18-7-4-6-14(18)9-16-2/h3,5,8,11,14,16H,4,6-7,9-10H2,1-2H3. The first-order valence-corrected chi connectivity index (χ1v) is 7.10. The van der Waals surface area contributed by atoms with E-state index in [2.05, 4.69) is 46.1 Å². The molecule has 0 spiro atoms. The fraction of sp³-hybridized carbons (Fsp3) is 0.533. The zero-order valence-corrected chi connectivity index (χ0v) is 11.8. The van der Waals surface area contributed by atoms with Crippen molar-refractivity contribution >= 4 is 5.65 Å². The molecule has 4 nitrogen and oxygen atoms in total. The maximum Gasteiger partial charge on any atom is 0.139 e. The highest BCUT2D eigenvalue weighted by atomic mass is 15.2. The van der Waals surface area contributed by atoms with Crippen LogP contribution in [0.25, 0.3) is 5.65 Å². The molecule has 1 N–H and O–H groups in total. The van der Waals surface area contributed by atoms with E-state index >= 15 is 0 Å². The Bertz CT molecular complexity index is 560. The molecule has 1 aliphatic heterocycles. The zero-order chi connectivity index (χ0) is 13.2. The van der Waals surface area contributed by atoms with Gasteiger partial charge in [-0.15, -0.1) is 0 Å². The maximum absolute atomic E-state index is 4.77. The Morgan fingerprint density at radius 2 is 2.37 bits per heavy atom. The average molecular weight is 258 g/mol. The second kappa shape index (κ2) is 5.31. The molecule has 2 aromatic heterocycles. The summed E-state index contributed by atoms with van der Waals surface area (Å²) in [6, 6.07) is 4.86. The number of aryl methyl sites for hydroxylation is 1. The summed E-state index contributed by atoms with van der Waals surface area (Å²) < 4.78 is 2.13. The molecular weight excluding hydrogens is 236 g/mol. The van der Waals surface area contributed by atoms with Crippen LogP contribution in [0.5, 0.6) is 0 Å². The molecule has 1 atom stereocenters. The number of likely N-dealkylation sites (N-methyl/N-ethyl adjacent to an activating group) is 1. The van der Waals surface area contributed by atoms with Crippen LogP contribution in [0.3, 0.4) is 0 Å². The number of aromatic nitrogens is 2. The van der Waals surface area contributed by atoms with Crippen molar-refractivity contribution in [2.45, 2.75) is 32.4 Å². The van der Waals surface area contributed by atoms with Gasteiger partial charge in [-0.3, -0.25) is 4.90 Å². The molecule has 1 unspecified atom stereocenters. The summed E-state index contributed by atoms with van der Waals surface area (Å²) >= 11 is 0. The summed E-state index contributed by atoms with van der Waals surface area (Å²) in [4.78, 5) is 7.32. The number of hydrogen-bond acceptors (Lipinski definition) is 3. The van der Waals surface area contributed by atoms with E-state index in [1.54, 1.807) is 0 Å². The number of hydrogen-bond donors (Lipinski definition) is 1. The number of nitrogens with one attached hydrogen (secondary N) is 1. The third-order valence-corrected chi connectivity index (χ3v) is 4.03. The number of fused-ring (bicyclic) bond motifs is 1. The summed E-state index contributed by atoms with van der Waals surface area (Å²) in [7, 11) is 2.03. The first-order valence-electron chi connectivity index (χ1n) is 7.10. The second-order valence-corrected chi connectivity index (χ2v) is 5.48. The largest absolute Gasteiger partial charge is 0.318 e. The van der Waals surface area contributed by atoms with Gasteiger partial charge in [0.25, 0.3) is 0 Å². The molecule has 2 aromatic rings. The molecule has 0 bridgehead atoms. The summed E-state index contributed by atoms with van der Waals surface area (Å²) in [5.74, 6) is 0. The number of likely N-dealkylation sites (tertiary alicyclic amines) is 1. The van der Waals surface area contributed by atoms with Gasteiger partial charge in [-0.25, -0.2) is 4.98 Å². The molecule has 1 aliphatic rings. The van der Waals surface area contributed by atoms with E-state index in [4.69, 9.17) is 4.98 Å². The third kappa shape index (κ3) is 2.51. The molecule has 0 amide bonds. The average Bonchev–Trinajstić information content (AvgIpc) is 2.98.